The third-order valence-electron chi connectivity index (χ3n) is 3.33. The van der Waals surface area contributed by atoms with E-state index in [-0.39, 0.29) is 0 Å². The average Bonchev–Trinajstić information content (AvgIpc) is 3.12. The van der Waals surface area contributed by atoms with Crippen LogP contribution in [0.4, 0.5) is 11.6 Å². The van der Waals surface area contributed by atoms with Crippen molar-refractivity contribution in [2.75, 3.05) is 16.9 Å². The van der Waals surface area contributed by atoms with Crippen molar-refractivity contribution < 1.29 is 0 Å². The molecule has 0 radical (unpaired) electrons. The van der Waals surface area contributed by atoms with E-state index in [0.29, 0.717) is 17.8 Å². The Morgan fingerprint density at radius 1 is 1.53 bits per heavy atom. The van der Waals surface area contributed by atoms with Crippen LogP contribution >= 0.6 is 0 Å². The summed E-state index contributed by atoms with van der Waals surface area (Å²) in [5, 5.41) is 0. The zero-order valence-corrected chi connectivity index (χ0v) is 11.4. The van der Waals surface area contributed by atoms with Crippen molar-refractivity contribution in [1.82, 2.24) is 14.4 Å². The van der Waals surface area contributed by atoms with Crippen LogP contribution in [0.15, 0.2) is 18.6 Å². The van der Waals surface area contributed by atoms with Gasteiger partial charge in [-0.2, -0.15) is 0 Å². The molecule has 0 unspecified atom stereocenters. The van der Waals surface area contributed by atoms with Gasteiger partial charge in [-0.05, 0) is 18.8 Å². The lowest BCUT2D eigenvalue weighted by Crippen LogP contribution is -2.31. The zero-order valence-electron chi connectivity index (χ0n) is 11.4. The van der Waals surface area contributed by atoms with Crippen molar-refractivity contribution in [3.8, 4) is 0 Å². The van der Waals surface area contributed by atoms with Crippen LogP contribution in [-0.4, -0.2) is 27.0 Å². The van der Waals surface area contributed by atoms with E-state index in [4.69, 9.17) is 5.84 Å². The van der Waals surface area contributed by atoms with Crippen LogP contribution in [0.1, 0.15) is 26.7 Å². The van der Waals surface area contributed by atoms with Gasteiger partial charge in [0.2, 0.25) is 0 Å². The van der Waals surface area contributed by atoms with Crippen LogP contribution in [-0.2, 0) is 0 Å². The van der Waals surface area contributed by atoms with Gasteiger partial charge < -0.3 is 14.7 Å². The summed E-state index contributed by atoms with van der Waals surface area (Å²) < 4.78 is 1.97. The third kappa shape index (κ3) is 2.35. The molecule has 0 aliphatic heterocycles. The van der Waals surface area contributed by atoms with E-state index < -0.39 is 0 Å². The van der Waals surface area contributed by atoms with E-state index >= 15 is 0 Å². The molecule has 2 aromatic rings. The lowest BCUT2D eigenvalue weighted by Gasteiger charge is -2.26. The molecule has 1 saturated carbocycles. The minimum absolute atomic E-state index is 0.590. The second kappa shape index (κ2) is 4.70. The fraction of sp³-hybridized carbons (Fsp3) is 0.538. The SMILES string of the molecule is CC(C)CN(c1nc(NN)cn2ccnc12)C1CC1. The number of nitrogens with one attached hydrogen (secondary N) is 1. The smallest absolute Gasteiger partial charge is 0.180 e. The predicted molar refractivity (Wildman–Crippen MR) is 76.0 cm³/mol. The van der Waals surface area contributed by atoms with Gasteiger partial charge in [-0.3, -0.25) is 0 Å². The number of hydrogen-bond acceptors (Lipinski definition) is 5. The molecule has 0 atom stereocenters. The van der Waals surface area contributed by atoms with Crippen LogP contribution in [0.25, 0.3) is 5.65 Å². The Bertz CT molecular complexity index is 572. The fourth-order valence-corrected chi connectivity index (χ4v) is 2.37. The van der Waals surface area contributed by atoms with Gasteiger partial charge in [0.25, 0.3) is 0 Å². The molecule has 2 aromatic heterocycles. The first-order valence-corrected chi connectivity index (χ1v) is 6.76. The van der Waals surface area contributed by atoms with Crippen molar-refractivity contribution >= 4 is 17.3 Å². The molecule has 102 valence electrons. The van der Waals surface area contributed by atoms with Crippen LogP contribution in [0, 0.1) is 5.92 Å². The van der Waals surface area contributed by atoms with Crippen molar-refractivity contribution in [3.05, 3.63) is 18.6 Å². The Morgan fingerprint density at radius 2 is 2.32 bits per heavy atom. The Morgan fingerprint density at radius 3 is 2.95 bits per heavy atom. The van der Waals surface area contributed by atoms with Gasteiger partial charge in [0.15, 0.2) is 17.3 Å². The Balaban J connectivity index is 2.07. The second-order valence-corrected chi connectivity index (χ2v) is 5.53. The first kappa shape index (κ1) is 12.2. The largest absolute Gasteiger partial charge is 0.350 e. The predicted octanol–water partition coefficient (Wildman–Crippen LogP) is 1.64. The highest BCUT2D eigenvalue weighted by atomic mass is 15.3. The summed E-state index contributed by atoms with van der Waals surface area (Å²) in [6.45, 7) is 5.45. The van der Waals surface area contributed by atoms with E-state index in [1.807, 2.05) is 16.8 Å². The molecule has 0 saturated heterocycles. The van der Waals surface area contributed by atoms with Gasteiger partial charge in [-0.15, -0.1) is 0 Å². The van der Waals surface area contributed by atoms with Crippen LogP contribution in [0.5, 0.6) is 0 Å². The average molecular weight is 260 g/mol. The quantitative estimate of drug-likeness (QED) is 0.631. The minimum Gasteiger partial charge on any atom is -0.350 e. The first-order chi connectivity index (χ1) is 9.19. The topological polar surface area (TPSA) is 71.5 Å². The molecule has 0 aromatic carbocycles. The summed E-state index contributed by atoms with van der Waals surface area (Å²) in [7, 11) is 0. The summed E-state index contributed by atoms with van der Waals surface area (Å²) in [5.74, 6) is 7.69. The molecular weight excluding hydrogens is 240 g/mol. The molecule has 19 heavy (non-hydrogen) atoms. The van der Waals surface area contributed by atoms with Gasteiger partial charge in [0, 0.05) is 25.0 Å². The van der Waals surface area contributed by atoms with Crippen LogP contribution in [0.2, 0.25) is 0 Å². The highest BCUT2D eigenvalue weighted by Crippen LogP contribution is 2.33. The lowest BCUT2D eigenvalue weighted by molar-refractivity contribution is 0.603. The number of hydrogen-bond donors (Lipinski definition) is 2. The summed E-state index contributed by atoms with van der Waals surface area (Å²) in [5.41, 5.74) is 3.53. The molecule has 6 heteroatoms. The monoisotopic (exact) mass is 260 g/mol. The van der Waals surface area contributed by atoms with Crippen molar-refractivity contribution in [2.24, 2.45) is 11.8 Å². The van der Waals surface area contributed by atoms with Gasteiger partial charge >= 0.3 is 0 Å². The van der Waals surface area contributed by atoms with Gasteiger partial charge in [0.1, 0.15) is 0 Å². The number of hydrazine groups is 1. The first-order valence-electron chi connectivity index (χ1n) is 6.76. The van der Waals surface area contributed by atoms with Crippen molar-refractivity contribution in [2.45, 2.75) is 32.7 Å². The van der Waals surface area contributed by atoms with Gasteiger partial charge in [-0.25, -0.2) is 15.8 Å². The zero-order chi connectivity index (χ0) is 13.4. The third-order valence-corrected chi connectivity index (χ3v) is 3.33. The fourth-order valence-electron chi connectivity index (χ4n) is 2.37. The molecule has 0 bridgehead atoms. The van der Waals surface area contributed by atoms with Crippen LogP contribution < -0.4 is 16.2 Å². The number of rotatable bonds is 5. The molecule has 3 rings (SSSR count). The number of aromatic nitrogens is 3. The maximum absolute atomic E-state index is 5.51. The summed E-state index contributed by atoms with van der Waals surface area (Å²) in [6.07, 6.45) is 8.04. The molecule has 0 amide bonds. The van der Waals surface area contributed by atoms with E-state index in [0.717, 1.165) is 18.0 Å². The summed E-state index contributed by atoms with van der Waals surface area (Å²) in [4.78, 5) is 11.4. The van der Waals surface area contributed by atoms with Gasteiger partial charge in [0.05, 0.1) is 6.20 Å². The number of nitrogens with zero attached hydrogens (tertiary/aromatic N) is 4. The number of nitrogens with two attached hydrogens (primary N) is 1. The molecule has 1 aliphatic carbocycles. The van der Waals surface area contributed by atoms with E-state index in [1.165, 1.54) is 12.8 Å². The Labute approximate surface area is 112 Å². The molecular formula is C13H20N6. The molecule has 1 aliphatic rings. The number of imidazole rings is 1. The molecule has 3 N–H and O–H groups in total. The van der Waals surface area contributed by atoms with Crippen molar-refractivity contribution in [1.29, 1.82) is 0 Å². The molecule has 0 spiro atoms. The maximum atomic E-state index is 5.51. The standard InChI is InChI=1S/C13H20N6/c1-9(2)7-19(10-3-4-10)13-12-15-5-6-18(12)8-11(16-13)17-14/h5-6,8-10,17H,3-4,7,14H2,1-2H3. The highest BCUT2D eigenvalue weighted by molar-refractivity contribution is 5.67. The lowest BCUT2D eigenvalue weighted by atomic mass is 10.2. The van der Waals surface area contributed by atoms with E-state index in [2.05, 4.69) is 34.1 Å². The van der Waals surface area contributed by atoms with Crippen molar-refractivity contribution in [3.63, 3.8) is 0 Å². The molecule has 6 nitrogen and oxygen atoms in total. The van der Waals surface area contributed by atoms with Crippen LogP contribution in [0.3, 0.4) is 0 Å². The second-order valence-electron chi connectivity index (χ2n) is 5.53. The number of fused-ring (bicyclic) bond motifs is 1. The van der Waals surface area contributed by atoms with E-state index in [1.54, 1.807) is 6.20 Å². The highest BCUT2D eigenvalue weighted by Gasteiger charge is 2.32. The number of nitrogen functional groups attached to an aromatic ring is 1. The summed E-state index contributed by atoms with van der Waals surface area (Å²) >= 11 is 0. The summed E-state index contributed by atoms with van der Waals surface area (Å²) in [6, 6.07) is 0.600. The minimum atomic E-state index is 0.590. The molecule has 2 heterocycles. The Kier molecular flexibility index (Phi) is 3.02. The van der Waals surface area contributed by atoms with Gasteiger partial charge in [-0.1, -0.05) is 13.8 Å². The number of anilines is 2. The normalized spacial score (nSPS) is 15.2. The maximum Gasteiger partial charge on any atom is 0.180 e. The Hall–Kier alpha value is -1.82. The molecule has 1 fully saturated rings. The van der Waals surface area contributed by atoms with E-state index in [9.17, 15) is 0 Å².